The smallest absolute Gasteiger partial charge is 0.241 e. The van der Waals surface area contributed by atoms with Gasteiger partial charge in [-0.1, -0.05) is 62.9 Å². The molecule has 1 aliphatic carbocycles. The Balaban J connectivity index is 1.44. The minimum absolute atomic E-state index is 0.162. The molecule has 2 saturated heterocycles. The average Bonchev–Trinajstić information content (AvgIpc) is 3.04. The van der Waals surface area contributed by atoms with E-state index in [1.54, 1.807) is 0 Å². The van der Waals surface area contributed by atoms with Crippen molar-refractivity contribution >= 4 is 11.8 Å². The number of carbonyl (C=O) groups excluding carboxylic acids is 2. The molecule has 2 heterocycles. The van der Waals surface area contributed by atoms with Gasteiger partial charge in [-0.3, -0.25) is 14.9 Å². The number of amides is 2. The fourth-order valence-electron chi connectivity index (χ4n) is 5.61. The SMILES string of the molecule is CCCCN1C(=O)C(Cc2ccccc2)NC12CCN(C(=O)C1CCCCC1)CC2. The van der Waals surface area contributed by atoms with E-state index in [0.717, 1.165) is 64.6 Å². The van der Waals surface area contributed by atoms with Gasteiger partial charge in [0, 0.05) is 38.4 Å². The highest BCUT2D eigenvalue weighted by molar-refractivity contribution is 5.85. The van der Waals surface area contributed by atoms with Gasteiger partial charge in [-0.05, 0) is 31.2 Å². The summed E-state index contributed by atoms with van der Waals surface area (Å²) in [7, 11) is 0. The zero-order valence-corrected chi connectivity index (χ0v) is 18.4. The van der Waals surface area contributed by atoms with Gasteiger partial charge in [-0.2, -0.15) is 0 Å². The van der Waals surface area contributed by atoms with Gasteiger partial charge in [-0.15, -0.1) is 0 Å². The van der Waals surface area contributed by atoms with E-state index in [-0.39, 0.29) is 23.5 Å². The van der Waals surface area contributed by atoms with Crippen LogP contribution in [0.15, 0.2) is 30.3 Å². The van der Waals surface area contributed by atoms with Crippen molar-refractivity contribution in [1.29, 1.82) is 0 Å². The van der Waals surface area contributed by atoms with E-state index in [9.17, 15) is 9.59 Å². The van der Waals surface area contributed by atoms with Crippen LogP contribution >= 0.6 is 0 Å². The minimum atomic E-state index is -0.283. The molecule has 5 heteroatoms. The number of unbranched alkanes of at least 4 members (excludes halogenated alkanes) is 1. The van der Waals surface area contributed by atoms with Gasteiger partial charge >= 0.3 is 0 Å². The molecule has 0 bridgehead atoms. The van der Waals surface area contributed by atoms with Gasteiger partial charge in [0.25, 0.3) is 0 Å². The number of likely N-dealkylation sites (tertiary alicyclic amines) is 1. The Hall–Kier alpha value is -1.88. The highest BCUT2D eigenvalue weighted by Crippen LogP contribution is 2.35. The summed E-state index contributed by atoms with van der Waals surface area (Å²) in [5.41, 5.74) is 0.912. The Bertz CT molecular complexity index is 721. The van der Waals surface area contributed by atoms with Crippen LogP contribution < -0.4 is 5.32 Å². The lowest BCUT2D eigenvalue weighted by molar-refractivity contribution is -0.141. The maximum Gasteiger partial charge on any atom is 0.241 e. The summed E-state index contributed by atoms with van der Waals surface area (Å²) in [6.07, 6.45) is 10.3. The van der Waals surface area contributed by atoms with Crippen molar-refractivity contribution in [2.24, 2.45) is 5.92 Å². The number of hydrogen-bond donors (Lipinski definition) is 1. The summed E-state index contributed by atoms with van der Waals surface area (Å²) in [6.45, 7) is 4.50. The van der Waals surface area contributed by atoms with Crippen LogP contribution in [-0.4, -0.2) is 53.0 Å². The molecule has 164 valence electrons. The monoisotopic (exact) mass is 411 g/mol. The van der Waals surface area contributed by atoms with E-state index >= 15 is 0 Å². The molecule has 1 N–H and O–H groups in total. The van der Waals surface area contributed by atoms with Crippen molar-refractivity contribution in [2.45, 2.75) is 82.8 Å². The molecule has 0 radical (unpaired) electrons. The largest absolute Gasteiger partial charge is 0.342 e. The van der Waals surface area contributed by atoms with Crippen LogP contribution in [0.4, 0.5) is 0 Å². The molecule has 1 saturated carbocycles. The van der Waals surface area contributed by atoms with Gasteiger partial charge in [0.05, 0.1) is 11.7 Å². The van der Waals surface area contributed by atoms with Crippen LogP contribution in [0.3, 0.4) is 0 Å². The Kier molecular flexibility index (Phi) is 6.77. The molecule has 3 aliphatic rings. The number of rotatable bonds is 6. The van der Waals surface area contributed by atoms with E-state index in [2.05, 4.69) is 34.2 Å². The lowest BCUT2D eigenvalue weighted by Crippen LogP contribution is -2.60. The molecule has 3 fully saturated rings. The van der Waals surface area contributed by atoms with Gasteiger partial charge in [0.2, 0.25) is 11.8 Å². The maximum atomic E-state index is 13.3. The molecular weight excluding hydrogens is 374 g/mol. The third-order valence-electron chi connectivity index (χ3n) is 7.40. The number of carbonyl (C=O) groups is 2. The Morgan fingerprint density at radius 3 is 2.47 bits per heavy atom. The molecule has 0 aromatic heterocycles. The van der Waals surface area contributed by atoms with Gasteiger partial charge in [-0.25, -0.2) is 0 Å². The van der Waals surface area contributed by atoms with Crippen molar-refractivity contribution in [3.63, 3.8) is 0 Å². The summed E-state index contributed by atoms with van der Waals surface area (Å²) < 4.78 is 0. The van der Waals surface area contributed by atoms with Crippen molar-refractivity contribution in [2.75, 3.05) is 19.6 Å². The van der Waals surface area contributed by atoms with E-state index in [1.807, 2.05) is 18.2 Å². The van der Waals surface area contributed by atoms with Crippen LogP contribution in [0.5, 0.6) is 0 Å². The standard InChI is InChI=1S/C25H37N3O2/c1-2-3-16-28-24(30)22(19-20-10-6-4-7-11-20)26-25(28)14-17-27(18-15-25)23(29)21-12-8-5-9-13-21/h4,6-7,10-11,21-22,26H,2-3,5,8-9,12-19H2,1H3. The summed E-state index contributed by atoms with van der Waals surface area (Å²) in [6, 6.07) is 10.1. The van der Waals surface area contributed by atoms with Crippen LogP contribution in [0.2, 0.25) is 0 Å². The molecule has 1 aromatic rings. The molecule has 4 rings (SSSR count). The quantitative estimate of drug-likeness (QED) is 0.776. The van der Waals surface area contributed by atoms with Crippen molar-refractivity contribution in [3.8, 4) is 0 Å². The van der Waals surface area contributed by atoms with Crippen LogP contribution in [0.1, 0.15) is 70.3 Å². The fraction of sp³-hybridized carbons (Fsp3) is 0.680. The summed E-state index contributed by atoms with van der Waals surface area (Å²) >= 11 is 0. The minimum Gasteiger partial charge on any atom is -0.342 e. The average molecular weight is 412 g/mol. The van der Waals surface area contributed by atoms with Gasteiger partial charge in [0.1, 0.15) is 0 Å². The van der Waals surface area contributed by atoms with Crippen molar-refractivity contribution in [3.05, 3.63) is 35.9 Å². The predicted molar refractivity (Wildman–Crippen MR) is 119 cm³/mol. The van der Waals surface area contributed by atoms with Crippen LogP contribution in [-0.2, 0) is 16.0 Å². The predicted octanol–water partition coefficient (Wildman–Crippen LogP) is 3.73. The first-order chi connectivity index (χ1) is 14.6. The molecule has 1 atom stereocenters. The summed E-state index contributed by atoms with van der Waals surface area (Å²) in [5.74, 6) is 0.821. The Labute approximate surface area is 181 Å². The number of piperidine rings is 1. The molecule has 30 heavy (non-hydrogen) atoms. The zero-order chi connectivity index (χ0) is 21.0. The molecule has 1 unspecified atom stereocenters. The zero-order valence-electron chi connectivity index (χ0n) is 18.4. The van der Waals surface area contributed by atoms with Crippen molar-refractivity contribution in [1.82, 2.24) is 15.1 Å². The fourth-order valence-corrected chi connectivity index (χ4v) is 5.61. The molecule has 2 aliphatic heterocycles. The summed E-state index contributed by atoms with van der Waals surface area (Å²) in [4.78, 5) is 30.5. The number of nitrogens with one attached hydrogen (secondary N) is 1. The van der Waals surface area contributed by atoms with E-state index in [4.69, 9.17) is 0 Å². The third kappa shape index (κ3) is 4.41. The highest BCUT2D eigenvalue weighted by atomic mass is 16.2. The highest BCUT2D eigenvalue weighted by Gasteiger charge is 2.51. The molecular formula is C25H37N3O2. The van der Waals surface area contributed by atoms with Crippen LogP contribution in [0.25, 0.3) is 0 Å². The number of hydrogen-bond acceptors (Lipinski definition) is 3. The molecule has 1 aromatic carbocycles. The van der Waals surface area contributed by atoms with E-state index in [1.165, 1.54) is 24.8 Å². The first kappa shape index (κ1) is 21.4. The van der Waals surface area contributed by atoms with Gasteiger partial charge in [0.15, 0.2) is 0 Å². The molecule has 5 nitrogen and oxygen atoms in total. The first-order valence-electron chi connectivity index (χ1n) is 12.0. The topological polar surface area (TPSA) is 52.7 Å². The maximum absolute atomic E-state index is 13.3. The van der Waals surface area contributed by atoms with E-state index in [0.29, 0.717) is 5.91 Å². The second-order valence-electron chi connectivity index (χ2n) is 9.42. The second kappa shape index (κ2) is 9.51. The second-order valence-corrected chi connectivity index (χ2v) is 9.42. The normalized spacial score (nSPS) is 24.6. The first-order valence-corrected chi connectivity index (χ1v) is 12.0. The van der Waals surface area contributed by atoms with Gasteiger partial charge < -0.3 is 9.80 Å². The molecule has 1 spiro atoms. The number of nitrogens with zero attached hydrogens (tertiary/aromatic N) is 2. The molecule has 2 amide bonds. The number of benzene rings is 1. The third-order valence-corrected chi connectivity index (χ3v) is 7.40. The lowest BCUT2D eigenvalue weighted by Gasteiger charge is -2.45. The van der Waals surface area contributed by atoms with Crippen LogP contribution in [0, 0.1) is 5.92 Å². The van der Waals surface area contributed by atoms with E-state index < -0.39 is 0 Å². The Morgan fingerprint density at radius 2 is 1.80 bits per heavy atom. The van der Waals surface area contributed by atoms with Crippen molar-refractivity contribution < 1.29 is 9.59 Å². The lowest BCUT2D eigenvalue weighted by atomic mass is 9.87. The Morgan fingerprint density at radius 1 is 1.10 bits per heavy atom. The summed E-state index contributed by atoms with van der Waals surface area (Å²) in [5, 5.41) is 3.74.